The van der Waals surface area contributed by atoms with Gasteiger partial charge in [0.2, 0.25) is 5.28 Å². The third kappa shape index (κ3) is 5.54. The van der Waals surface area contributed by atoms with Crippen LogP contribution in [0.5, 0.6) is 0 Å². The molecule has 4 heterocycles. The fourth-order valence-corrected chi connectivity index (χ4v) is 6.32. The van der Waals surface area contributed by atoms with E-state index in [9.17, 15) is 23.5 Å². The predicted octanol–water partition coefficient (Wildman–Crippen LogP) is 0.250. The number of aliphatic hydroxyl groups is 1. The molecule has 1 unspecified atom stereocenters. The molecule has 18 heteroatoms. The Balaban J connectivity index is 1.55. The molecule has 4 rings (SSSR count). The number of rotatable bonds is 7. The van der Waals surface area contributed by atoms with Crippen LogP contribution in [-0.4, -0.2) is 96.5 Å². The Kier molecular flexibility index (Phi) is 7.10. The molecule has 184 valence electrons. The lowest BCUT2D eigenvalue weighted by molar-refractivity contribution is -0.0425. The van der Waals surface area contributed by atoms with Crippen molar-refractivity contribution in [3.8, 4) is 0 Å². The van der Waals surface area contributed by atoms with E-state index >= 15 is 0 Å². The molecule has 4 N–H and O–H groups in total. The maximum absolute atomic E-state index is 14.9. The van der Waals surface area contributed by atoms with Crippen molar-refractivity contribution in [2.45, 2.75) is 24.6 Å². The molecule has 0 aliphatic carbocycles. The number of fused-ring (bicyclic) bond motifs is 1. The minimum Gasteiger partial charge on any atom is -0.387 e. The number of nitrogens with zero attached hydrogens (tertiary/aromatic N) is 5. The second kappa shape index (κ2) is 9.42. The van der Waals surface area contributed by atoms with E-state index in [1.165, 1.54) is 10.9 Å². The summed E-state index contributed by atoms with van der Waals surface area (Å²) in [5, 5.41) is 10.1. The Bertz CT molecular complexity index is 1110. The zero-order valence-corrected chi connectivity index (χ0v) is 19.4. The molecular weight excluding hydrogens is 511 g/mol. The number of hydrogen-bond acceptors (Lipinski definition) is 10. The normalized spacial score (nSPS) is 28.4. The van der Waals surface area contributed by atoms with Gasteiger partial charge in [0, 0.05) is 13.1 Å². The van der Waals surface area contributed by atoms with Crippen molar-refractivity contribution >= 4 is 43.8 Å². The lowest BCUT2D eigenvalue weighted by Crippen LogP contribution is -2.37. The molecule has 5 atom stereocenters. The SMILES string of the molecule is O=P(O)(O)CP(=O)(O)OC[C@H]1O[C@@H](n2cnc3c(N4CCOCC4)nc(Cl)nc32)[C@@H](F)[C@@H]1O. The van der Waals surface area contributed by atoms with Gasteiger partial charge < -0.3 is 38.7 Å². The summed E-state index contributed by atoms with van der Waals surface area (Å²) in [6.07, 6.45) is -5.36. The Labute approximate surface area is 191 Å². The summed E-state index contributed by atoms with van der Waals surface area (Å²) < 4.78 is 54.4. The molecular formula is C15H21ClFN5O9P2. The zero-order valence-electron chi connectivity index (χ0n) is 16.8. The fraction of sp³-hybridized carbons (Fsp3) is 0.667. The van der Waals surface area contributed by atoms with Crippen molar-refractivity contribution < 1.29 is 47.3 Å². The second-order valence-electron chi connectivity index (χ2n) is 7.48. The van der Waals surface area contributed by atoms with Crippen LogP contribution in [0.3, 0.4) is 0 Å². The van der Waals surface area contributed by atoms with Crippen molar-refractivity contribution in [2.24, 2.45) is 0 Å². The number of morpholine rings is 1. The molecule has 2 aliphatic rings. The van der Waals surface area contributed by atoms with Crippen molar-refractivity contribution in [1.82, 2.24) is 19.5 Å². The summed E-state index contributed by atoms with van der Waals surface area (Å²) in [6.45, 7) is 1.25. The minimum atomic E-state index is -4.84. The number of alkyl halides is 1. The molecule has 0 saturated carbocycles. The van der Waals surface area contributed by atoms with Crippen LogP contribution in [-0.2, 0) is 23.1 Å². The Morgan fingerprint density at radius 1 is 1.24 bits per heavy atom. The van der Waals surface area contributed by atoms with Gasteiger partial charge >= 0.3 is 15.2 Å². The number of hydrogen-bond donors (Lipinski definition) is 4. The second-order valence-corrected chi connectivity index (χ2v) is 11.8. The molecule has 2 fully saturated rings. The van der Waals surface area contributed by atoms with E-state index in [1.807, 2.05) is 4.90 Å². The number of aromatic nitrogens is 4. The first-order valence-corrected chi connectivity index (χ1v) is 13.6. The monoisotopic (exact) mass is 531 g/mol. The highest BCUT2D eigenvalue weighted by Crippen LogP contribution is 2.55. The van der Waals surface area contributed by atoms with Crippen LogP contribution in [0.2, 0.25) is 5.28 Å². The van der Waals surface area contributed by atoms with Gasteiger partial charge in [-0.1, -0.05) is 0 Å². The average molecular weight is 532 g/mol. The van der Waals surface area contributed by atoms with Crippen LogP contribution in [0, 0.1) is 0 Å². The van der Waals surface area contributed by atoms with Crippen LogP contribution in [0.15, 0.2) is 6.33 Å². The van der Waals surface area contributed by atoms with Crippen molar-refractivity contribution in [3.05, 3.63) is 11.6 Å². The molecule has 2 aromatic rings. The zero-order chi connectivity index (χ0) is 24.0. The van der Waals surface area contributed by atoms with Gasteiger partial charge in [-0.3, -0.25) is 13.7 Å². The van der Waals surface area contributed by atoms with Gasteiger partial charge in [-0.15, -0.1) is 0 Å². The van der Waals surface area contributed by atoms with Crippen LogP contribution < -0.4 is 4.90 Å². The van der Waals surface area contributed by atoms with E-state index in [4.69, 9.17) is 30.9 Å². The van der Waals surface area contributed by atoms with Crippen LogP contribution in [0.4, 0.5) is 10.2 Å². The van der Waals surface area contributed by atoms with E-state index in [-0.39, 0.29) is 10.9 Å². The van der Waals surface area contributed by atoms with Crippen LogP contribution in [0.1, 0.15) is 6.23 Å². The summed E-state index contributed by atoms with van der Waals surface area (Å²) >= 11 is 6.08. The number of aliphatic hydroxyl groups excluding tert-OH is 1. The number of halogens is 2. The van der Waals surface area contributed by atoms with Crippen molar-refractivity contribution in [2.75, 3.05) is 43.7 Å². The molecule has 2 aromatic heterocycles. The molecule has 2 aliphatic heterocycles. The summed E-state index contributed by atoms with van der Waals surface area (Å²) in [4.78, 5) is 41.8. The smallest absolute Gasteiger partial charge is 0.340 e. The summed E-state index contributed by atoms with van der Waals surface area (Å²) in [5.74, 6) is -0.989. The highest BCUT2D eigenvalue weighted by atomic mass is 35.5. The lowest BCUT2D eigenvalue weighted by atomic mass is 10.1. The highest BCUT2D eigenvalue weighted by Gasteiger charge is 2.47. The molecule has 14 nitrogen and oxygen atoms in total. The molecule has 0 aromatic carbocycles. The largest absolute Gasteiger partial charge is 0.387 e. The van der Waals surface area contributed by atoms with E-state index in [0.717, 1.165) is 0 Å². The van der Waals surface area contributed by atoms with Gasteiger partial charge in [-0.2, -0.15) is 9.97 Å². The molecule has 33 heavy (non-hydrogen) atoms. The van der Waals surface area contributed by atoms with E-state index in [2.05, 4.69) is 19.5 Å². The number of ether oxygens (including phenoxy) is 2. The van der Waals surface area contributed by atoms with E-state index in [1.54, 1.807) is 0 Å². The fourth-order valence-electron chi connectivity index (χ4n) is 3.59. The molecule has 0 bridgehead atoms. The van der Waals surface area contributed by atoms with E-state index < -0.39 is 52.3 Å². The first kappa shape index (κ1) is 24.9. The predicted molar refractivity (Wildman–Crippen MR) is 111 cm³/mol. The average Bonchev–Trinajstić information content (AvgIpc) is 3.26. The van der Waals surface area contributed by atoms with Gasteiger partial charge in [0.05, 0.1) is 26.1 Å². The van der Waals surface area contributed by atoms with Gasteiger partial charge in [-0.25, -0.2) is 9.37 Å². The number of imidazole rings is 1. The minimum absolute atomic E-state index is 0.113. The Hall–Kier alpha value is -1.25. The van der Waals surface area contributed by atoms with Crippen LogP contribution in [0.25, 0.3) is 11.2 Å². The van der Waals surface area contributed by atoms with Gasteiger partial charge in [0.25, 0.3) is 0 Å². The molecule has 0 amide bonds. The van der Waals surface area contributed by atoms with Crippen molar-refractivity contribution in [1.29, 1.82) is 0 Å². The molecule has 2 saturated heterocycles. The first-order chi connectivity index (χ1) is 15.5. The maximum Gasteiger partial charge on any atom is 0.340 e. The molecule has 0 spiro atoms. The number of anilines is 1. The third-order valence-corrected chi connectivity index (χ3v) is 8.68. The molecule has 0 radical (unpaired) electrons. The summed E-state index contributed by atoms with van der Waals surface area (Å²) in [5.41, 5.74) is 0.472. The van der Waals surface area contributed by atoms with Crippen LogP contribution >= 0.6 is 26.8 Å². The summed E-state index contributed by atoms with van der Waals surface area (Å²) in [6, 6.07) is 0. The first-order valence-electron chi connectivity index (χ1n) is 9.66. The lowest BCUT2D eigenvalue weighted by Gasteiger charge is -2.27. The van der Waals surface area contributed by atoms with Gasteiger partial charge in [0.1, 0.15) is 12.2 Å². The summed E-state index contributed by atoms with van der Waals surface area (Å²) in [7, 11) is -9.55. The topological polar surface area (TPSA) is 190 Å². The third-order valence-electron chi connectivity index (χ3n) is 5.06. The standard InChI is InChI=1S/C15H21ClFN5O9P2/c16-15-19-12(21-1-3-29-4-2-21)10-13(20-15)22(6-18-10)14-9(17)11(23)8(31-14)5-30-33(27,28)7-32(24,25)26/h6,8-9,11,14,23H,1-5,7H2,(H,27,28)(H2,24,25,26)/t8-,9+,11-,14-/m1/s1. The van der Waals surface area contributed by atoms with Gasteiger partial charge in [0.15, 0.2) is 35.3 Å². The van der Waals surface area contributed by atoms with E-state index in [0.29, 0.717) is 37.6 Å². The Morgan fingerprint density at radius 3 is 2.61 bits per heavy atom. The van der Waals surface area contributed by atoms with Crippen molar-refractivity contribution in [3.63, 3.8) is 0 Å². The quantitative estimate of drug-likeness (QED) is 0.281. The highest BCUT2D eigenvalue weighted by molar-refractivity contribution is 7.70. The maximum atomic E-state index is 14.9. The Morgan fingerprint density at radius 2 is 1.94 bits per heavy atom. The van der Waals surface area contributed by atoms with Gasteiger partial charge in [-0.05, 0) is 11.6 Å².